The van der Waals surface area contributed by atoms with Gasteiger partial charge in [0.2, 0.25) is 5.91 Å². The fourth-order valence-electron chi connectivity index (χ4n) is 3.32. The van der Waals surface area contributed by atoms with Gasteiger partial charge in [-0.1, -0.05) is 19.1 Å². The third-order valence-corrected chi connectivity index (χ3v) is 6.36. The first-order valence-electron chi connectivity index (χ1n) is 10.1. The summed E-state index contributed by atoms with van der Waals surface area (Å²) in [5.41, 5.74) is 2.17. The molecule has 8 heteroatoms. The van der Waals surface area contributed by atoms with Gasteiger partial charge in [0.25, 0.3) is 11.5 Å². The minimum atomic E-state index is -0.305. The van der Waals surface area contributed by atoms with Gasteiger partial charge in [0.15, 0.2) is 0 Å². The highest BCUT2D eigenvalue weighted by atomic mass is 32.1. The van der Waals surface area contributed by atoms with E-state index < -0.39 is 0 Å². The number of hydrogen-bond donors (Lipinski definition) is 1. The number of anilines is 1. The third kappa shape index (κ3) is 4.28. The molecule has 158 valence electrons. The van der Waals surface area contributed by atoms with Crippen LogP contribution in [0.1, 0.15) is 41.6 Å². The number of amides is 2. The molecule has 0 atom stereocenters. The van der Waals surface area contributed by atoms with Gasteiger partial charge in [-0.3, -0.25) is 19.0 Å². The van der Waals surface area contributed by atoms with Crippen molar-refractivity contribution in [1.82, 2.24) is 14.5 Å². The van der Waals surface area contributed by atoms with Crippen molar-refractivity contribution in [2.24, 2.45) is 0 Å². The zero-order valence-corrected chi connectivity index (χ0v) is 18.5. The van der Waals surface area contributed by atoms with Crippen LogP contribution in [0.3, 0.4) is 0 Å². The Morgan fingerprint density at radius 3 is 2.40 bits per heavy atom. The number of fused-ring (bicyclic) bond motifs is 1. The molecule has 0 aliphatic carbocycles. The third-order valence-electron chi connectivity index (χ3n) is 5.17. The SMILES string of the molecule is CCc1ccc(NC(=O)c2sc3ncn(CC(=O)N(CC)CC)c(=O)c3c2C)cc1. The van der Waals surface area contributed by atoms with Crippen LogP contribution in [-0.2, 0) is 17.8 Å². The molecule has 0 spiro atoms. The van der Waals surface area contributed by atoms with Crippen molar-refractivity contribution >= 4 is 39.1 Å². The number of nitrogens with one attached hydrogen (secondary N) is 1. The molecule has 1 N–H and O–H groups in total. The van der Waals surface area contributed by atoms with Crippen LogP contribution < -0.4 is 10.9 Å². The number of nitrogens with zero attached hydrogens (tertiary/aromatic N) is 3. The predicted molar refractivity (Wildman–Crippen MR) is 120 cm³/mol. The monoisotopic (exact) mass is 426 g/mol. The van der Waals surface area contributed by atoms with Crippen molar-refractivity contribution in [1.29, 1.82) is 0 Å². The highest BCUT2D eigenvalue weighted by Crippen LogP contribution is 2.27. The van der Waals surface area contributed by atoms with Crippen LogP contribution in [0, 0.1) is 6.92 Å². The number of aryl methyl sites for hydroxylation is 2. The average molecular weight is 427 g/mol. The zero-order chi connectivity index (χ0) is 21.8. The fraction of sp³-hybridized carbons (Fsp3) is 0.364. The van der Waals surface area contributed by atoms with Crippen molar-refractivity contribution in [2.45, 2.75) is 40.7 Å². The van der Waals surface area contributed by atoms with Gasteiger partial charge in [0.05, 0.1) is 16.6 Å². The maximum atomic E-state index is 13.0. The molecule has 3 aromatic rings. The van der Waals surface area contributed by atoms with E-state index in [1.165, 1.54) is 27.8 Å². The molecule has 0 fully saturated rings. The Morgan fingerprint density at radius 1 is 1.13 bits per heavy atom. The van der Waals surface area contributed by atoms with Gasteiger partial charge in [-0.25, -0.2) is 4.98 Å². The molecule has 0 aliphatic heterocycles. The van der Waals surface area contributed by atoms with E-state index in [1.807, 2.05) is 38.1 Å². The number of carbonyl (C=O) groups excluding carboxylic acids is 2. The maximum absolute atomic E-state index is 13.0. The van der Waals surface area contributed by atoms with Crippen molar-refractivity contribution in [3.05, 3.63) is 57.0 Å². The summed E-state index contributed by atoms with van der Waals surface area (Å²) in [6, 6.07) is 7.67. The first-order valence-corrected chi connectivity index (χ1v) is 10.9. The van der Waals surface area contributed by atoms with E-state index in [0.717, 1.165) is 6.42 Å². The van der Waals surface area contributed by atoms with Gasteiger partial charge < -0.3 is 10.2 Å². The van der Waals surface area contributed by atoms with Gasteiger partial charge in [-0.2, -0.15) is 0 Å². The van der Waals surface area contributed by atoms with Crippen molar-refractivity contribution in [2.75, 3.05) is 18.4 Å². The normalized spacial score (nSPS) is 10.9. The minimum absolute atomic E-state index is 0.0654. The van der Waals surface area contributed by atoms with E-state index in [1.54, 1.807) is 11.8 Å². The van der Waals surface area contributed by atoms with Crippen LogP contribution in [0.25, 0.3) is 10.2 Å². The summed E-state index contributed by atoms with van der Waals surface area (Å²) in [4.78, 5) is 45.1. The van der Waals surface area contributed by atoms with Crippen LogP contribution in [-0.4, -0.2) is 39.4 Å². The van der Waals surface area contributed by atoms with Crippen LogP contribution in [0.2, 0.25) is 0 Å². The molecule has 0 bridgehead atoms. The van der Waals surface area contributed by atoms with Crippen LogP contribution >= 0.6 is 11.3 Å². The minimum Gasteiger partial charge on any atom is -0.342 e. The van der Waals surface area contributed by atoms with E-state index in [9.17, 15) is 14.4 Å². The van der Waals surface area contributed by atoms with E-state index in [2.05, 4.69) is 17.2 Å². The quantitative estimate of drug-likeness (QED) is 0.627. The Bertz CT molecular complexity index is 1130. The summed E-state index contributed by atoms with van der Waals surface area (Å²) >= 11 is 1.18. The molecule has 30 heavy (non-hydrogen) atoms. The van der Waals surface area contributed by atoms with Gasteiger partial charge in [-0.15, -0.1) is 11.3 Å². The second-order valence-corrected chi connectivity index (χ2v) is 7.98. The molecule has 0 radical (unpaired) electrons. The highest BCUT2D eigenvalue weighted by Gasteiger charge is 2.21. The first kappa shape index (κ1) is 21.7. The number of benzene rings is 1. The Balaban J connectivity index is 1.89. The summed E-state index contributed by atoms with van der Waals surface area (Å²) < 4.78 is 1.31. The number of carbonyl (C=O) groups is 2. The molecule has 0 saturated heterocycles. The van der Waals surface area contributed by atoms with E-state index in [4.69, 9.17) is 0 Å². The van der Waals surface area contributed by atoms with Crippen molar-refractivity contribution in [3.8, 4) is 0 Å². The van der Waals surface area contributed by atoms with Crippen molar-refractivity contribution < 1.29 is 9.59 Å². The molecule has 1 aromatic carbocycles. The topological polar surface area (TPSA) is 84.3 Å². The largest absolute Gasteiger partial charge is 0.342 e. The van der Waals surface area contributed by atoms with Gasteiger partial charge >= 0.3 is 0 Å². The summed E-state index contributed by atoms with van der Waals surface area (Å²) in [5.74, 6) is -0.408. The Hall–Kier alpha value is -3.00. The molecule has 2 aromatic heterocycles. The molecule has 0 aliphatic rings. The summed E-state index contributed by atoms with van der Waals surface area (Å²) in [5, 5.41) is 3.27. The van der Waals surface area contributed by atoms with Gasteiger partial charge in [0.1, 0.15) is 11.4 Å². The van der Waals surface area contributed by atoms with Crippen LogP contribution in [0.4, 0.5) is 5.69 Å². The molecular weight excluding hydrogens is 400 g/mol. The number of likely N-dealkylation sites (N-methyl/N-ethyl adjacent to an activating group) is 1. The smallest absolute Gasteiger partial charge is 0.266 e. The highest BCUT2D eigenvalue weighted by molar-refractivity contribution is 7.20. The molecule has 2 heterocycles. The van der Waals surface area contributed by atoms with Gasteiger partial charge in [0, 0.05) is 18.8 Å². The van der Waals surface area contributed by atoms with Crippen molar-refractivity contribution in [3.63, 3.8) is 0 Å². The molecule has 7 nitrogen and oxygen atoms in total. The number of thiophene rings is 1. The number of rotatable bonds is 7. The Morgan fingerprint density at radius 2 is 1.80 bits per heavy atom. The van der Waals surface area contributed by atoms with E-state index >= 15 is 0 Å². The first-order chi connectivity index (χ1) is 14.4. The molecule has 3 rings (SSSR count). The second kappa shape index (κ2) is 9.21. The maximum Gasteiger partial charge on any atom is 0.266 e. The molecule has 0 unspecified atom stereocenters. The van der Waals surface area contributed by atoms with Crippen LogP contribution in [0.5, 0.6) is 0 Å². The average Bonchev–Trinajstić information content (AvgIpc) is 3.09. The van der Waals surface area contributed by atoms with E-state index in [-0.39, 0.29) is 23.9 Å². The number of aromatic nitrogens is 2. The summed E-state index contributed by atoms with van der Waals surface area (Å²) in [6.07, 6.45) is 2.31. The zero-order valence-electron chi connectivity index (χ0n) is 17.7. The Kier molecular flexibility index (Phi) is 6.66. The molecule has 2 amide bonds. The van der Waals surface area contributed by atoms with Crippen LogP contribution in [0.15, 0.2) is 35.4 Å². The standard InChI is InChI=1S/C22H26N4O3S/c1-5-15-8-10-16(11-9-15)24-20(28)19-14(4)18-21(30-19)23-13-26(22(18)29)12-17(27)25(6-2)7-3/h8-11,13H,5-7,12H2,1-4H3,(H,24,28). The predicted octanol–water partition coefficient (Wildman–Crippen LogP) is 3.45. The lowest BCUT2D eigenvalue weighted by molar-refractivity contribution is -0.131. The molecule has 0 saturated carbocycles. The lowest BCUT2D eigenvalue weighted by Gasteiger charge is -2.18. The Labute approximate surface area is 179 Å². The lowest BCUT2D eigenvalue weighted by atomic mass is 10.1. The van der Waals surface area contributed by atoms with Gasteiger partial charge in [-0.05, 0) is 50.5 Å². The number of hydrogen-bond acceptors (Lipinski definition) is 5. The summed E-state index contributed by atoms with van der Waals surface area (Å²) in [6.45, 7) is 8.72. The van der Waals surface area contributed by atoms with E-state index in [0.29, 0.717) is 39.4 Å². The lowest BCUT2D eigenvalue weighted by Crippen LogP contribution is -2.36. The second-order valence-electron chi connectivity index (χ2n) is 6.98. The molecular formula is C22H26N4O3S. The summed E-state index contributed by atoms with van der Waals surface area (Å²) in [7, 11) is 0. The fourth-order valence-corrected chi connectivity index (χ4v) is 4.36.